The van der Waals surface area contributed by atoms with Gasteiger partial charge in [0.25, 0.3) is 0 Å². The quantitative estimate of drug-likeness (QED) is 0.783. The molecular formula is C19H21F2N5O3S. The first-order valence-corrected chi connectivity index (χ1v) is 11.6. The van der Waals surface area contributed by atoms with Crippen LogP contribution in [0.5, 0.6) is 0 Å². The van der Waals surface area contributed by atoms with Crippen LogP contribution in [-0.2, 0) is 16.6 Å². The minimum atomic E-state index is -3.38. The number of hydrogen-bond donors (Lipinski definition) is 1. The Morgan fingerprint density at radius 1 is 1.13 bits per heavy atom. The van der Waals surface area contributed by atoms with Gasteiger partial charge in [0.15, 0.2) is 11.6 Å². The molecule has 1 aromatic carbocycles. The van der Waals surface area contributed by atoms with Crippen LogP contribution in [-0.4, -0.2) is 47.5 Å². The average molecular weight is 437 g/mol. The Balaban J connectivity index is 1.46. The maximum atomic E-state index is 13.5. The number of carbonyl (C=O) groups is 1. The number of anilines is 2. The Morgan fingerprint density at radius 3 is 2.67 bits per heavy atom. The van der Waals surface area contributed by atoms with Crippen molar-refractivity contribution in [2.45, 2.75) is 44.3 Å². The first-order valence-electron chi connectivity index (χ1n) is 9.94. The van der Waals surface area contributed by atoms with Crippen molar-refractivity contribution in [2.24, 2.45) is 0 Å². The van der Waals surface area contributed by atoms with Gasteiger partial charge < -0.3 is 10.2 Å². The predicted molar refractivity (Wildman–Crippen MR) is 106 cm³/mol. The highest BCUT2D eigenvalue weighted by Gasteiger charge is 2.44. The molecule has 0 radical (unpaired) electrons. The summed E-state index contributed by atoms with van der Waals surface area (Å²) in [6.45, 7) is 0.591. The fourth-order valence-electron chi connectivity index (χ4n) is 4.78. The molecule has 3 aliphatic rings. The second kappa shape index (κ2) is 6.93. The van der Waals surface area contributed by atoms with E-state index in [1.54, 1.807) is 11.1 Å². The average Bonchev–Trinajstić information content (AvgIpc) is 3.41. The van der Waals surface area contributed by atoms with E-state index in [-0.39, 0.29) is 30.1 Å². The molecule has 1 N–H and O–H groups in total. The molecule has 2 aliphatic heterocycles. The van der Waals surface area contributed by atoms with Crippen molar-refractivity contribution in [1.29, 1.82) is 0 Å². The highest BCUT2D eigenvalue weighted by molar-refractivity contribution is 7.93. The molecule has 1 saturated heterocycles. The molecule has 2 atom stereocenters. The number of benzene rings is 1. The van der Waals surface area contributed by atoms with Crippen LogP contribution in [0.2, 0.25) is 0 Å². The smallest absolute Gasteiger partial charge is 0.313 e. The van der Waals surface area contributed by atoms with Crippen molar-refractivity contribution in [3.63, 3.8) is 0 Å². The van der Waals surface area contributed by atoms with E-state index in [1.807, 2.05) is 4.68 Å². The van der Waals surface area contributed by atoms with Gasteiger partial charge in [-0.3, -0.25) is 8.99 Å². The number of fused-ring (bicyclic) bond motifs is 3. The summed E-state index contributed by atoms with van der Waals surface area (Å²) in [5.74, 6) is -1.92. The molecule has 8 nitrogen and oxygen atoms in total. The third-order valence-corrected chi connectivity index (χ3v) is 8.01. The largest absolute Gasteiger partial charge is 0.322 e. The normalized spacial score (nSPS) is 24.6. The van der Waals surface area contributed by atoms with Crippen molar-refractivity contribution in [3.05, 3.63) is 41.7 Å². The lowest BCUT2D eigenvalue weighted by molar-refractivity contribution is 0.139. The van der Waals surface area contributed by atoms with E-state index in [9.17, 15) is 22.0 Å². The topological polar surface area (TPSA) is 87.5 Å². The number of amides is 2. The second-order valence-electron chi connectivity index (χ2n) is 7.92. The summed E-state index contributed by atoms with van der Waals surface area (Å²) in [6, 6.07) is 2.65. The zero-order chi connectivity index (χ0) is 21.0. The van der Waals surface area contributed by atoms with Crippen LogP contribution in [0.25, 0.3) is 0 Å². The molecule has 1 aliphatic carbocycles. The number of nitrogens with zero attached hydrogens (tertiary/aromatic N) is 4. The van der Waals surface area contributed by atoms with Crippen LogP contribution in [0.3, 0.4) is 0 Å². The van der Waals surface area contributed by atoms with Crippen molar-refractivity contribution >= 4 is 27.4 Å². The number of aromatic nitrogens is 2. The Kier molecular flexibility index (Phi) is 4.46. The van der Waals surface area contributed by atoms with E-state index in [4.69, 9.17) is 0 Å². The third-order valence-electron chi connectivity index (χ3n) is 6.15. The Morgan fingerprint density at radius 2 is 1.93 bits per heavy atom. The van der Waals surface area contributed by atoms with E-state index in [0.717, 1.165) is 31.4 Å². The van der Waals surface area contributed by atoms with Gasteiger partial charge in [0.1, 0.15) is 0 Å². The number of nitrogens with one attached hydrogen (secondary N) is 1. The van der Waals surface area contributed by atoms with Gasteiger partial charge in [0.05, 0.1) is 42.0 Å². The molecule has 0 bridgehead atoms. The molecule has 1 aromatic heterocycles. The van der Waals surface area contributed by atoms with Crippen LogP contribution in [0.4, 0.5) is 25.0 Å². The van der Waals surface area contributed by atoms with Crippen LogP contribution in [0, 0.1) is 11.6 Å². The number of urea groups is 1. The van der Waals surface area contributed by atoms with Gasteiger partial charge in [-0.1, -0.05) is 0 Å². The fourth-order valence-corrected chi connectivity index (χ4v) is 6.35. The number of halogens is 2. The van der Waals surface area contributed by atoms with Crippen LogP contribution >= 0.6 is 0 Å². The molecule has 2 fully saturated rings. The summed E-state index contributed by atoms with van der Waals surface area (Å²) in [5.41, 5.74) is 1.36. The lowest BCUT2D eigenvalue weighted by Gasteiger charge is -2.39. The first-order chi connectivity index (χ1) is 14.3. The number of carbonyl (C=O) groups excluding carboxylic acids is 1. The van der Waals surface area contributed by atoms with Crippen molar-refractivity contribution in [3.8, 4) is 0 Å². The van der Waals surface area contributed by atoms with Gasteiger partial charge >= 0.3 is 6.03 Å². The van der Waals surface area contributed by atoms with Gasteiger partial charge in [-0.15, -0.1) is 0 Å². The van der Waals surface area contributed by atoms with Crippen molar-refractivity contribution in [1.82, 2.24) is 14.7 Å². The third kappa shape index (κ3) is 3.03. The molecule has 0 unspecified atom stereocenters. The summed E-state index contributed by atoms with van der Waals surface area (Å²) in [4.78, 5) is 14.7. The van der Waals surface area contributed by atoms with Crippen LogP contribution in [0.1, 0.15) is 37.4 Å². The molecular weight excluding hydrogens is 416 g/mol. The van der Waals surface area contributed by atoms with Crippen LogP contribution in [0.15, 0.2) is 24.4 Å². The Hall–Kier alpha value is -2.69. The number of sulfonamides is 1. The van der Waals surface area contributed by atoms with E-state index >= 15 is 0 Å². The second-order valence-corrected chi connectivity index (χ2v) is 9.93. The summed E-state index contributed by atoms with van der Waals surface area (Å²) in [7, 11) is -3.38. The van der Waals surface area contributed by atoms with E-state index in [2.05, 4.69) is 10.4 Å². The highest BCUT2D eigenvalue weighted by atomic mass is 32.2. The SMILES string of the molecule is O=C(Nc1ccc(F)c(F)c1)N1Cc2c(N3CCCS3(=O)=O)cnn2[C@H]2CCC[C@H]21. The predicted octanol–water partition coefficient (Wildman–Crippen LogP) is 2.84. The molecule has 1 saturated carbocycles. The molecule has 5 rings (SSSR count). The summed E-state index contributed by atoms with van der Waals surface area (Å²) < 4.78 is 54.8. The molecule has 2 amide bonds. The standard InChI is InChI=1S/C19H21F2N5O3S/c20-13-6-5-12(9-14(13)21)23-19(27)24-11-18-17(25-7-2-8-30(25,28)29)10-22-26(18)16-4-1-3-15(16)24/h5-6,9-10,15-16H,1-4,7-8,11H2,(H,23,27)/t15-,16+/m1/s1. The molecule has 2 aromatic rings. The van der Waals surface area contributed by atoms with Gasteiger partial charge in [0.2, 0.25) is 10.0 Å². The molecule has 30 heavy (non-hydrogen) atoms. The van der Waals surface area contributed by atoms with Gasteiger partial charge in [-0.25, -0.2) is 22.0 Å². The minimum absolute atomic E-state index is 0.0384. The minimum Gasteiger partial charge on any atom is -0.313 e. The monoisotopic (exact) mass is 437 g/mol. The zero-order valence-corrected chi connectivity index (χ0v) is 16.9. The highest BCUT2D eigenvalue weighted by Crippen LogP contribution is 2.42. The maximum Gasteiger partial charge on any atom is 0.322 e. The Labute approximate surface area is 172 Å². The summed E-state index contributed by atoms with van der Waals surface area (Å²) >= 11 is 0. The lowest BCUT2D eigenvalue weighted by Crippen LogP contribution is -2.49. The van der Waals surface area contributed by atoms with E-state index in [0.29, 0.717) is 24.3 Å². The maximum absolute atomic E-state index is 13.5. The fraction of sp³-hybridized carbons (Fsp3) is 0.474. The van der Waals surface area contributed by atoms with Gasteiger partial charge in [-0.2, -0.15) is 5.10 Å². The number of rotatable bonds is 2. The summed E-state index contributed by atoms with van der Waals surface area (Å²) in [6.07, 6.45) is 4.68. The van der Waals surface area contributed by atoms with E-state index < -0.39 is 27.7 Å². The first kappa shape index (κ1) is 19.3. The van der Waals surface area contributed by atoms with Gasteiger partial charge in [0, 0.05) is 18.3 Å². The van der Waals surface area contributed by atoms with Crippen molar-refractivity contribution in [2.75, 3.05) is 21.9 Å². The number of hydrogen-bond acceptors (Lipinski definition) is 4. The summed E-state index contributed by atoms with van der Waals surface area (Å²) in [5, 5.41) is 7.11. The molecule has 160 valence electrons. The van der Waals surface area contributed by atoms with Crippen LogP contribution < -0.4 is 9.62 Å². The Bertz CT molecular complexity index is 1120. The lowest BCUT2D eigenvalue weighted by atomic mass is 10.1. The molecule has 0 spiro atoms. The molecule has 11 heteroatoms. The molecule has 3 heterocycles. The van der Waals surface area contributed by atoms with Crippen molar-refractivity contribution < 1.29 is 22.0 Å². The van der Waals surface area contributed by atoms with Gasteiger partial charge in [-0.05, 0) is 37.8 Å². The zero-order valence-electron chi connectivity index (χ0n) is 16.1. The van der Waals surface area contributed by atoms with E-state index in [1.165, 1.54) is 10.4 Å².